The minimum Gasteiger partial charge on any atom is -0.342 e. The van der Waals surface area contributed by atoms with Gasteiger partial charge in [-0.1, -0.05) is 31.2 Å². The van der Waals surface area contributed by atoms with E-state index in [0.717, 1.165) is 34.6 Å². The van der Waals surface area contributed by atoms with Gasteiger partial charge in [0.15, 0.2) is 0 Å². The number of H-pyrrole nitrogens is 1. The van der Waals surface area contributed by atoms with Crippen LogP contribution in [-0.2, 0) is 13.0 Å². The summed E-state index contributed by atoms with van der Waals surface area (Å²) in [5.41, 5.74) is 2.79. The van der Waals surface area contributed by atoms with E-state index < -0.39 is 0 Å². The highest BCUT2D eigenvalue weighted by Gasteiger charge is 2.15. The molecule has 2 amide bonds. The van der Waals surface area contributed by atoms with E-state index in [1.807, 2.05) is 24.3 Å². The summed E-state index contributed by atoms with van der Waals surface area (Å²) in [5.74, 6) is 1.42. The molecular weight excluding hydrogens is 363 g/mol. The average molecular weight is 386 g/mol. The fourth-order valence-corrected chi connectivity index (χ4v) is 3.27. The third-order valence-corrected chi connectivity index (χ3v) is 5.03. The minimum absolute atomic E-state index is 0.145. The Morgan fingerprint density at radius 1 is 1.22 bits per heavy atom. The van der Waals surface area contributed by atoms with Crippen molar-refractivity contribution in [2.24, 2.45) is 0 Å². The van der Waals surface area contributed by atoms with Crippen molar-refractivity contribution in [3.8, 4) is 0 Å². The number of aromatic amines is 1. The largest absolute Gasteiger partial charge is 0.342 e. The van der Waals surface area contributed by atoms with Gasteiger partial charge < -0.3 is 9.88 Å². The van der Waals surface area contributed by atoms with Crippen molar-refractivity contribution in [2.45, 2.75) is 26.3 Å². The fraction of sp³-hybridized carbons (Fsp3) is 0.300. The van der Waals surface area contributed by atoms with E-state index in [9.17, 15) is 9.18 Å². The zero-order chi connectivity index (χ0) is 19.1. The van der Waals surface area contributed by atoms with Crippen molar-refractivity contribution in [3.63, 3.8) is 0 Å². The first kappa shape index (κ1) is 19.2. The van der Waals surface area contributed by atoms with Gasteiger partial charge in [0.2, 0.25) is 0 Å². The van der Waals surface area contributed by atoms with Gasteiger partial charge >= 0.3 is 6.03 Å². The smallest absolute Gasteiger partial charge is 0.327 e. The van der Waals surface area contributed by atoms with Crippen molar-refractivity contribution >= 4 is 29.0 Å². The predicted octanol–water partition coefficient (Wildman–Crippen LogP) is 4.51. The van der Waals surface area contributed by atoms with Gasteiger partial charge in [-0.25, -0.2) is 14.2 Å². The molecule has 0 fully saturated rings. The number of halogens is 1. The molecule has 0 spiro atoms. The quantitative estimate of drug-likeness (QED) is 0.442. The summed E-state index contributed by atoms with van der Waals surface area (Å²) in [6.07, 6.45) is 1.60. The maximum Gasteiger partial charge on any atom is 0.327 e. The fourth-order valence-electron chi connectivity index (χ4n) is 2.71. The maximum atomic E-state index is 13.2. The second-order valence-corrected chi connectivity index (χ2v) is 7.16. The van der Waals surface area contributed by atoms with Gasteiger partial charge in [0.05, 0.1) is 11.0 Å². The summed E-state index contributed by atoms with van der Waals surface area (Å²) in [5, 5.41) is 0. The molecule has 0 aliphatic heterocycles. The third-order valence-electron chi connectivity index (χ3n) is 4.10. The van der Waals surface area contributed by atoms with Crippen molar-refractivity contribution in [2.75, 3.05) is 12.3 Å². The standard InChI is InChI=1S/C20H23FN4OS/c1-2-13-27-24-20(26)25(14-15-7-9-16(21)10-8-15)12-11-19-22-17-5-3-4-6-18(17)23-19/h3-10H,2,11-14H2,1H3,(H,22,23)(H,24,26). The molecule has 3 aromatic rings. The van der Waals surface area contributed by atoms with Gasteiger partial charge in [0.25, 0.3) is 0 Å². The van der Waals surface area contributed by atoms with E-state index in [1.54, 1.807) is 17.0 Å². The van der Waals surface area contributed by atoms with Gasteiger partial charge in [0, 0.05) is 25.3 Å². The molecule has 5 nitrogen and oxygen atoms in total. The maximum absolute atomic E-state index is 13.2. The number of hydrogen-bond acceptors (Lipinski definition) is 3. The zero-order valence-corrected chi connectivity index (χ0v) is 16.1. The lowest BCUT2D eigenvalue weighted by atomic mass is 10.2. The first-order valence-corrected chi connectivity index (χ1v) is 9.99. The normalized spacial score (nSPS) is 10.9. The Bertz CT molecular complexity index is 848. The molecule has 0 aliphatic carbocycles. The van der Waals surface area contributed by atoms with Gasteiger partial charge in [-0.2, -0.15) is 0 Å². The molecule has 0 saturated carbocycles. The summed E-state index contributed by atoms with van der Waals surface area (Å²) in [4.78, 5) is 22.2. The van der Waals surface area contributed by atoms with Crippen LogP contribution in [0.25, 0.3) is 11.0 Å². The number of fused-ring (bicyclic) bond motifs is 1. The monoisotopic (exact) mass is 386 g/mol. The first-order valence-electron chi connectivity index (χ1n) is 9.00. The molecule has 7 heteroatoms. The molecule has 0 radical (unpaired) electrons. The summed E-state index contributed by atoms with van der Waals surface area (Å²) in [7, 11) is 0. The lowest BCUT2D eigenvalue weighted by Crippen LogP contribution is -2.38. The number of amides is 2. The van der Waals surface area contributed by atoms with E-state index in [-0.39, 0.29) is 11.8 Å². The number of carbonyl (C=O) groups is 1. The molecule has 1 heterocycles. The lowest BCUT2D eigenvalue weighted by molar-refractivity contribution is 0.202. The number of imidazole rings is 1. The summed E-state index contributed by atoms with van der Waals surface area (Å²) >= 11 is 1.40. The number of nitrogens with one attached hydrogen (secondary N) is 2. The van der Waals surface area contributed by atoms with Crippen LogP contribution >= 0.6 is 11.9 Å². The van der Waals surface area contributed by atoms with Gasteiger partial charge in [-0.15, -0.1) is 0 Å². The summed E-state index contributed by atoms with van der Waals surface area (Å²) < 4.78 is 16.0. The topological polar surface area (TPSA) is 61.0 Å². The molecular formula is C20H23FN4OS. The number of urea groups is 1. The summed E-state index contributed by atoms with van der Waals surface area (Å²) in [6.45, 7) is 2.99. The molecule has 27 heavy (non-hydrogen) atoms. The Balaban J connectivity index is 1.67. The molecule has 0 unspecified atom stereocenters. The van der Waals surface area contributed by atoms with Gasteiger partial charge in [-0.3, -0.25) is 4.72 Å². The number of aromatic nitrogens is 2. The van der Waals surface area contributed by atoms with Crippen LogP contribution in [-0.4, -0.2) is 33.2 Å². The van der Waals surface area contributed by atoms with Crippen LogP contribution in [0.3, 0.4) is 0 Å². The molecule has 0 atom stereocenters. The van der Waals surface area contributed by atoms with E-state index in [4.69, 9.17) is 0 Å². The van der Waals surface area contributed by atoms with Crippen LogP contribution in [0.5, 0.6) is 0 Å². The Labute approximate surface area is 162 Å². The summed E-state index contributed by atoms with van der Waals surface area (Å²) in [6, 6.07) is 13.9. The average Bonchev–Trinajstić information content (AvgIpc) is 3.09. The van der Waals surface area contributed by atoms with Gasteiger partial charge in [-0.05, 0) is 48.2 Å². The van der Waals surface area contributed by atoms with Crippen LogP contribution in [0, 0.1) is 5.82 Å². The third kappa shape index (κ3) is 5.47. The van der Waals surface area contributed by atoms with E-state index >= 15 is 0 Å². The minimum atomic E-state index is -0.282. The molecule has 0 saturated heterocycles. The SMILES string of the molecule is CCCSNC(=O)N(CCc1nc2ccccc2[nH]1)Cc1ccc(F)cc1. The molecule has 0 bridgehead atoms. The predicted molar refractivity (Wildman–Crippen MR) is 108 cm³/mol. The van der Waals surface area contributed by atoms with Crippen LogP contribution in [0.1, 0.15) is 24.7 Å². The molecule has 0 aliphatic rings. The number of nitrogens with zero attached hydrogens (tertiary/aromatic N) is 2. The van der Waals surface area contributed by atoms with Crippen LogP contribution in [0.15, 0.2) is 48.5 Å². The van der Waals surface area contributed by atoms with Crippen molar-refractivity contribution in [1.29, 1.82) is 0 Å². The van der Waals surface area contributed by atoms with Gasteiger partial charge in [0.1, 0.15) is 11.6 Å². The zero-order valence-electron chi connectivity index (χ0n) is 15.2. The highest BCUT2D eigenvalue weighted by atomic mass is 32.2. The Morgan fingerprint density at radius 2 is 2.00 bits per heavy atom. The first-order chi connectivity index (χ1) is 13.2. The van der Waals surface area contributed by atoms with Crippen LogP contribution in [0.4, 0.5) is 9.18 Å². The van der Waals surface area contributed by atoms with E-state index in [1.165, 1.54) is 24.1 Å². The van der Waals surface area contributed by atoms with Crippen LogP contribution in [0.2, 0.25) is 0 Å². The molecule has 3 rings (SSSR count). The van der Waals surface area contributed by atoms with Crippen molar-refractivity contribution < 1.29 is 9.18 Å². The number of para-hydroxylation sites is 2. The molecule has 1 aromatic heterocycles. The van der Waals surface area contributed by atoms with E-state index in [2.05, 4.69) is 21.6 Å². The second kappa shape index (κ2) is 9.41. The Hall–Kier alpha value is -2.54. The number of rotatable bonds is 8. The Morgan fingerprint density at radius 3 is 2.74 bits per heavy atom. The van der Waals surface area contributed by atoms with Crippen LogP contribution < -0.4 is 4.72 Å². The number of benzene rings is 2. The molecule has 2 aromatic carbocycles. The van der Waals surface area contributed by atoms with Crippen molar-refractivity contribution in [3.05, 3.63) is 65.7 Å². The number of hydrogen-bond donors (Lipinski definition) is 2. The highest BCUT2D eigenvalue weighted by molar-refractivity contribution is 7.97. The van der Waals surface area contributed by atoms with Crippen molar-refractivity contribution in [1.82, 2.24) is 19.6 Å². The number of carbonyl (C=O) groups excluding carboxylic acids is 1. The van der Waals surface area contributed by atoms with E-state index in [0.29, 0.717) is 19.5 Å². The lowest BCUT2D eigenvalue weighted by Gasteiger charge is -2.22. The Kier molecular flexibility index (Phi) is 6.70. The highest BCUT2D eigenvalue weighted by Crippen LogP contribution is 2.13. The molecule has 2 N–H and O–H groups in total. The second-order valence-electron chi connectivity index (χ2n) is 6.25. The molecule has 142 valence electrons.